The highest BCUT2D eigenvalue weighted by molar-refractivity contribution is 7.14. The highest BCUT2D eigenvalue weighted by atomic mass is 32.1. The van der Waals surface area contributed by atoms with Gasteiger partial charge in [-0.3, -0.25) is 23.6 Å². The lowest BCUT2D eigenvalue weighted by Gasteiger charge is -2.20. The number of rotatable bonds is 5. The topological polar surface area (TPSA) is 101 Å². The molecule has 0 N–H and O–H groups in total. The normalized spacial score (nSPS) is 13.1. The largest absolute Gasteiger partial charge is 0.331 e. The van der Waals surface area contributed by atoms with Gasteiger partial charge in [-0.05, 0) is 38.3 Å². The first-order valence-corrected chi connectivity index (χ1v) is 10.8. The molecule has 158 valence electrons. The van der Waals surface area contributed by atoms with Gasteiger partial charge in [-0.25, -0.2) is 9.78 Å². The SMILES string of the molecule is CC(=O)N(c1nc(Cn2c(=O)c(C#N)cn(C3CC3)c2=O)cs1)c1ccc(C)cc1C. The number of amides is 1. The van der Waals surface area contributed by atoms with E-state index < -0.39 is 11.2 Å². The van der Waals surface area contributed by atoms with Crippen LogP contribution in [-0.4, -0.2) is 20.0 Å². The average molecular weight is 436 g/mol. The maximum absolute atomic E-state index is 12.8. The lowest BCUT2D eigenvalue weighted by Crippen LogP contribution is -2.41. The minimum atomic E-state index is -0.628. The fraction of sp³-hybridized carbons (Fsp3) is 0.318. The third-order valence-corrected chi connectivity index (χ3v) is 6.09. The molecule has 2 aromatic heterocycles. The lowest BCUT2D eigenvalue weighted by atomic mass is 10.1. The minimum Gasteiger partial charge on any atom is -0.296 e. The summed E-state index contributed by atoms with van der Waals surface area (Å²) in [5.41, 5.74) is 2.11. The van der Waals surface area contributed by atoms with Gasteiger partial charge in [-0.1, -0.05) is 17.7 Å². The van der Waals surface area contributed by atoms with Crippen LogP contribution in [0.25, 0.3) is 0 Å². The Morgan fingerprint density at radius 2 is 2.06 bits per heavy atom. The van der Waals surface area contributed by atoms with E-state index >= 15 is 0 Å². The molecule has 9 heteroatoms. The zero-order chi connectivity index (χ0) is 22.3. The number of nitriles is 1. The Morgan fingerprint density at radius 1 is 1.32 bits per heavy atom. The predicted octanol–water partition coefficient (Wildman–Crippen LogP) is 3.02. The van der Waals surface area contributed by atoms with Crippen LogP contribution in [0.3, 0.4) is 0 Å². The molecule has 0 radical (unpaired) electrons. The van der Waals surface area contributed by atoms with E-state index in [-0.39, 0.29) is 24.1 Å². The van der Waals surface area contributed by atoms with E-state index in [1.54, 1.807) is 5.38 Å². The van der Waals surface area contributed by atoms with Crippen LogP contribution in [0, 0.1) is 25.2 Å². The van der Waals surface area contributed by atoms with Gasteiger partial charge in [0.05, 0.1) is 17.9 Å². The highest BCUT2D eigenvalue weighted by Gasteiger charge is 2.27. The van der Waals surface area contributed by atoms with Crippen molar-refractivity contribution >= 4 is 28.1 Å². The van der Waals surface area contributed by atoms with Crippen LogP contribution in [-0.2, 0) is 11.3 Å². The second-order valence-electron chi connectivity index (χ2n) is 7.73. The van der Waals surface area contributed by atoms with Crippen LogP contribution in [0.1, 0.15) is 48.2 Å². The van der Waals surface area contributed by atoms with Crippen LogP contribution in [0.5, 0.6) is 0 Å². The Bertz CT molecular complexity index is 1340. The Hall–Kier alpha value is -3.51. The molecule has 0 unspecified atom stereocenters. The number of anilines is 2. The first-order valence-electron chi connectivity index (χ1n) is 9.88. The van der Waals surface area contributed by atoms with E-state index in [1.807, 2.05) is 38.1 Å². The standard InChI is InChI=1S/C22H21N5O3S/c1-13-4-7-19(14(2)8-13)27(15(3)28)21-24-17(12-31-21)11-26-20(29)16(9-23)10-25(22(26)30)18-5-6-18/h4,7-8,10,12,18H,5-6,11H2,1-3H3. The molecule has 0 saturated heterocycles. The summed E-state index contributed by atoms with van der Waals surface area (Å²) in [7, 11) is 0. The van der Waals surface area contributed by atoms with Crippen molar-refractivity contribution in [1.29, 1.82) is 5.26 Å². The average Bonchev–Trinajstić information content (AvgIpc) is 3.46. The van der Waals surface area contributed by atoms with Crippen molar-refractivity contribution in [2.24, 2.45) is 0 Å². The lowest BCUT2D eigenvalue weighted by molar-refractivity contribution is -0.115. The molecule has 1 aromatic carbocycles. The van der Waals surface area contributed by atoms with Crippen molar-refractivity contribution in [1.82, 2.24) is 14.1 Å². The molecule has 1 saturated carbocycles. The van der Waals surface area contributed by atoms with Crippen LogP contribution in [0.15, 0.2) is 39.4 Å². The molecule has 0 spiro atoms. The molecule has 0 aliphatic heterocycles. The zero-order valence-corrected chi connectivity index (χ0v) is 18.3. The fourth-order valence-corrected chi connectivity index (χ4v) is 4.42. The van der Waals surface area contributed by atoms with E-state index in [9.17, 15) is 19.6 Å². The number of thiazole rings is 1. The van der Waals surface area contributed by atoms with Crippen molar-refractivity contribution in [3.05, 3.63) is 73.0 Å². The van der Waals surface area contributed by atoms with Crippen molar-refractivity contribution in [2.75, 3.05) is 4.90 Å². The number of carbonyl (C=O) groups excluding carboxylic acids is 1. The quantitative estimate of drug-likeness (QED) is 0.613. The van der Waals surface area contributed by atoms with Crippen LogP contribution in [0.4, 0.5) is 10.8 Å². The number of aryl methyl sites for hydroxylation is 2. The second kappa shape index (κ2) is 7.96. The third-order valence-electron chi connectivity index (χ3n) is 5.22. The van der Waals surface area contributed by atoms with Gasteiger partial charge >= 0.3 is 5.69 Å². The van der Waals surface area contributed by atoms with E-state index in [0.29, 0.717) is 10.8 Å². The number of hydrogen-bond acceptors (Lipinski definition) is 6. The monoisotopic (exact) mass is 435 g/mol. The number of aromatic nitrogens is 3. The summed E-state index contributed by atoms with van der Waals surface area (Å²) in [5, 5.41) is 11.5. The van der Waals surface area contributed by atoms with Gasteiger partial charge in [0.25, 0.3) is 5.56 Å². The Morgan fingerprint density at radius 3 is 2.68 bits per heavy atom. The van der Waals surface area contributed by atoms with E-state index in [4.69, 9.17) is 0 Å². The molecule has 8 nitrogen and oxygen atoms in total. The van der Waals surface area contributed by atoms with Crippen LogP contribution >= 0.6 is 11.3 Å². The number of carbonyl (C=O) groups is 1. The number of hydrogen-bond donors (Lipinski definition) is 0. The summed E-state index contributed by atoms with van der Waals surface area (Å²) >= 11 is 1.26. The van der Waals surface area contributed by atoms with Gasteiger partial charge in [-0.15, -0.1) is 11.3 Å². The highest BCUT2D eigenvalue weighted by Crippen LogP contribution is 2.33. The summed E-state index contributed by atoms with van der Waals surface area (Å²) < 4.78 is 2.51. The Balaban J connectivity index is 1.72. The molecule has 1 amide bonds. The first kappa shape index (κ1) is 20.8. The Kier molecular flexibility index (Phi) is 5.33. The zero-order valence-electron chi connectivity index (χ0n) is 17.5. The second-order valence-corrected chi connectivity index (χ2v) is 8.57. The maximum Gasteiger partial charge on any atom is 0.331 e. The summed E-state index contributed by atoms with van der Waals surface area (Å²) in [6, 6.07) is 7.72. The van der Waals surface area contributed by atoms with E-state index in [1.165, 1.54) is 33.9 Å². The third kappa shape index (κ3) is 3.94. The van der Waals surface area contributed by atoms with Gasteiger partial charge < -0.3 is 0 Å². The summed E-state index contributed by atoms with van der Waals surface area (Å²) in [6.07, 6.45) is 3.06. The van der Waals surface area contributed by atoms with Crippen molar-refractivity contribution in [2.45, 2.75) is 46.2 Å². The molecule has 2 heterocycles. The summed E-state index contributed by atoms with van der Waals surface area (Å²) in [6.45, 7) is 5.32. The molecule has 0 atom stereocenters. The molecular formula is C22H21N5O3S. The van der Waals surface area contributed by atoms with Gasteiger partial charge in [0.1, 0.15) is 11.6 Å². The molecule has 31 heavy (non-hydrogen) atoms. The van der Waals surface area contributed by atoms with Crippen LogP contribution in [0.2, 0.25) is 0 Å². The van der Waals surface area contributed by atoms with Crippen molar-refractivity contribution in [3.8, 4) is 6.07 Å². The summed E-state index contributed by atoms with van der Waals surface area (Å²) in [5.74, 6) is -0.187. The number of benzene rings is 1. The molecule has 1 aliphatic rings. The molecule has 1 aliphatic carbocycles. The van der Waals surface area contributed by atoms with Crippen molar-refractivity contribution in [3.63, 3.8) is 0 Å². The fourth-order valence-electron chi connectivity index (χ4n) is 3.55. The first-order chi connectivity index (χ1) is 14.8. The maximum atomic E-state index is 12.8. The van der Waals surface area contributed by atoms with E-state index in [0.717, 1.165) is 34.2 Å². The smallest absolute Gasteiger partial charge is 0.296 e. The molecule has 4 rings (SSSR count). The Labute approximate surface area is 182 Å². The van der Waals surface area contributed by atoms with E-state index in [2.05, 4.69) is 4.98 Å². The molecule has 0 bridgehead atoms. The van der Waals surface area contributed by atoms with Gasteiger partial charge in [-0.2, -0.15) is 5.26 Å². The summed E-state index contributed by atoms with van der Waals surface area (Å²) in [4.78, 5) is 43.9. The van der Waals surface area contributed by atoms with Crippen LogP contribution < -0.4 is 16.1 Å². The number of nitrogens with zero attached hydrogens (tertiary/aromatic N) is 5. The molecule has 3 aromatic rings. The van der Waals surface area contributed by atoms with Gasteiger partial charge in [0.15, 0.2) is 5.13 Å². The minimum absolute atomic E-state index is 0.0372. The van der Waals surface area contributed by atoms with Gasteiger partial charge in [0.2, 0.25) is 5.91 Å². The predicted molar refractivity (Wildman–Crippen MR) is 118 cm³/mol. The van der Waals surface area contributed by atoms with Crippen molar-refractivity contribution < 1.29 is 4.79 Å². The van der Waals surface area contributed by atoms with Gasteiger partial charge in [0, 0.05) is 24.5 Å². The molecule has 1 fully saturated rings. The molecular weight excluding hydrogens is 414 g/mol.